The molecule has 0 aliphatic rings. The van der Waals surface area contributed by atoms with E-state index in [2.05, 4.69) is 15.5 Å². The van der Waals surface area contributed by atoms with Crippen molar-refractivity contribution in [2.75, 3.05) is 11.9 Å². The number of nitrogens with zero attached hydrogens (tertiary/aromatic N) is 3. The molecular formula is C22H18N4O3S. The number of benzene rings is 2. The number of carbonyl (C=O) groups excluding carboxylic acids is 2. The molecule has 0 spiro atoms. The van der Waals surface area contributed by atoms with Crippen LogP contribution in [0.5, 0.6) is 0 Å². The van der Waals surface area contributed by atoms with E-state index in [9.17, 15) is 9.59 Å². The van der Waals surface area contributed by atoms with Crippen LogP contribution in [0.1, 0.15) is 16.2 Å². The molecule has 0 aliphatic carbocycles. The summed E-state index contributed by atoms with van der Waals surface area (Å²) in [5.41, 5.74) is 1.61. The molecule has 0 saturated heterocycles. The third-order valence-electron chi connectivity index (χ3n) is 4.28. The molecule has 1 N–H and O–H groups in total. The quantitative estimate of drug-likeness (QED) is 0.477. The Hall–Kier alpha value is -3.65. The molecule has 8 heteroatoms. The number of aryl methyl sites for hydroxylation is 1. The predicted molar refractivity (Wildman–Crippen MR) is 114 cm³/mol. The molecule has 0 bridgehead atoms. The fourth-order valence-electron chi connectivity index (χ4n) is 2.80. The van der Waals surface area contributed by atoms with Crippen LogP contribution in [0.25, 0.3) is 5.65 Å². The predicted octanol–water partition coefficient (Wildman–Crippen LogP) is 3.98. The van der Waals surface area contributed by atoms with Crippen LogP contribution >= 0.6 is 11.8 Å². The van der Waals surface area contributed by atoms with Crippen LogP contribution in [0.2, 0.25) is 0 Å². The van der Waals surface area contributed by atoms with Crippen molar-refractivity contribution in [2.45, 2.75) is 16.7 Å². The van der Waals surface area contributed by atoms with Crippen molar-refractivity contribution in [3.05, 3.63) is 84.3 Å². The van der Waals surface area contributed by atoms with E-state index in [0.29, 0.717) is 22.7 Å². The molecule has 4 aromatic rings. The first-order chi connectivity index (χ1) is 14.6. The smallest absolute Gasteiger partial charge is 0.340 e. The Balaban J connectivity index is 1.39. The number of hydrogen-bond donors (Lipinski definition) is 1. The molecule has 2 aromatic carbocycles. The first-order valence-corrected chi connectivity index (χ1v) is 10.0. The van der Waals surface area contributed by atoms with Gasteiger partial charge in [0.25, 0.3) is 5.91 Å². The Kier molecular flexibility index (Phi) is 5.76. The molecule has 2 heterocycles. The van der Waals surface area contributed by atoms with Gasteiger partial charge in [-0.05, 0) is 43.3 Å². The summed E-state index contributed by atoms with van der Waals surface area (Å²) in [6.07, 6.45) is 1.59. The van der Waals surface area contributed by atoms with Gasteiger partial charge in [0, 0.05) is 16.0 Å². The van der Waals surface area contributed by atoms with E-state index < -0.39 is 11.9 Å². The number of ether oxygens (including phenoxy) is 1. The number of fused-ring (bicyclic) bond motifs is 1. The van der Waals surface area contributed by atoms with Crippen LogP contribution in [0.15, 0.2) is 82.7 Å². The molecule has 30 heavy (non-hydrogen) atoms. The van der Waals surface area contributed by atoms with Gasteiger partial charge in [-0.15, -0.1) is 10.2 Å². The second-order valence-corrected chi connectivity index (χ2v) is 7.54. The van der Waals surface area contributed by atoms with E-state index in [1.54, 1.807) is 41.4 Å². The van der Waals surface area contributed by atoms with E-state index in [1.807, 2.05) is 54.6 Å². The highest BCUT2D eigenvalue weighted by Crippen LogP contribution is 2.33. The SMILES string of the molecule is Cc1nnc2ccc(C(=O)OCC(=O)Nc3ccccc3Sc3ccccc3)cn12. The number of para-hydroxylation sites is 1. The standard InChI is InChI=1S/C22H18N4O3S/c1-15-24-25-20-12-11-16(13-26(15)20)22(28)29-14-21(27)23-18-9-5-6-10-19(18)30-17-7-3-2-4-8-17/h2-13H,14H2,1H3,(H,23,27). The number of pyridine rings is 1. The van der Waals surface area contributed by atoms with Gasteiger partial charge in [-0.1, -0.05) is 42.1 Å². The molecule has 0 atom stereocenters. The summed E-state index contributed by atoms with van der Waals surface area (Å²) in [5, 5.41) is 10.7. The Morgan fingerprint density at radius 1 is 1.00 bits per heavy atom. The summed E-state index contributed by atoms with van der Waals surface area (Å²) in [5.74, 6) is -0.344. The van der Waals surface area contributed by atoms with E-state index in [0.717, 1.165) is 9.79 Å². The highest BCUT2D eigenvalue weighted by Gasteiger charge is 2.14. The zero-order valence-electron chi connectivity index (χ0n) is 16.1. The molecule has 0 radical (unpaired) electrons. The van der Waals surface area contributed by atoms with Crippen molar-refractivity contribution < 1.29 is 14.3 Å². The number of rotatable bonds is 6. The fraction of sp³-hybridized carbons (Fsp3) is 0.0909. The topological polar surface area (TPSA) is 85.6 Å². The maximum absolute atomic E-state index is 12.4. The maximum atomic E-state index is 12.4. The molecule has 0 fully saturated rings. The molecule has 0 saturated carbocycles. The van der Waals surface area contributed by atoms with Gasteiger partial charge in [0.15, 0.2) is 12.3 Å². The molecule has 2 aromatic heterocycles. The summed E-state index contributed by atoms with van der Waals surface area (Å²) < 4.78 is 6.86. The molecule has 4 rings (SSSR count). The first kappa shape index (κ1) is 19.7. The van der Waals surface area contributed by atoms with Crippen LogP contribution in [0.4, 0.5) is 5.69 Å². The minimum atomic E-state index is -0.591. The lowest BCUT2D eigenvalue weighted by Crippen LogP contribution is -2.21. The Morgan fingerprint density at radius 3 is 2.60 bits per heavy atom. The van der Waals surface area contributed by atoms with Gasteiger partial charge in [0.1, 0.15) is 5.82 Å². The van der Waals surface area contributed by atoms with Crippen molar-refractivity contribution in [1.29, 1.82) is 0 Å². The highest BCUT2D eigenvalue weighted by atomic mass is 32.2. The molecule has 0 unspecified atom stereocenters. The van der Waals surface area contributed by atoms with Crippen LogP contribution in [0.3, 0.4) is 0 Å². The first-order valence-electron chi connectivity index (χ1n) is 9.20. The Bertz CT molecular complexity index is 1210. The molecule has 7 nitrogen and oxygen atoms in total. The number of hydrogen-bond acceptors (Lipinski definition) is 6. The van der Waals surface area contributed by atoms with Crippen LogP contribution < -0.4 is 5.32 Å². The number of amides is 1. The Morgan fingerprint density at radius 2 is 1.77 bits per heavy atom. The van der Waals surface area contributed by atoms with Crippen LogP contribution in [-0.2, 0) is 9.53 Å². The number of esters is 1. The third-order valence-corrected chi connectivity index (χ3v) is 5.36. The fourth-order valence-corrected chi connectivity index (χ4v) is 3.72. The lowest BCUT2D eigenvalue weighted by Gasteiger charge is -2.11. The molecule has 150 valence electrons. The van der Waals surface area contributed by atoms with E-state index in [-0.39, 0.29) is 6.61 Å². The zero-order chi connectivity index (χ0) is 20.9. The van der Waals surface area contributed by atoms with Gasteiger partial charge in [-0.2, -0.15) is 0 Å². The van der Waals surface area contributed by atoms with Crippen LogP contribution in [-0.4, -0.2) is 33.1 Å². The lowest BCUT2D eigenvalue weighted by atomic mass is 10.3. The summed E-state index contributed by atoms with van der Waals surface area (Å²) in [6, 6.07) is 20.6. The van der Waals surface area contributed by atoms with Crippen LogP contribution in [0, 0.1) is 6.92 Å². The number of aromatic nitrogens is 3. The minimum absolute atomic E-state index is 0.318. The van der Waals surface area contributed by atoms with Crippen molar-refractivity contribution in [1.82, 2.24) is 14.6 Å². The highest BCUT2D eigenvalue weighted by molar-refractivity contribution is 7.99. The maximum Gasteiger partial charge on any atom is 0.340 e. The Labute approximate surface area is 177 Å². The van der Waals surface area contributed by atoms with Crippen molar-refractivity contribution in [2.24, 2.45) is 0 Å². The normalized spacial score (nSPS) is 10.7. The second-order valence-electron chi connectivity index (χ2n) is 6.43. The van der Waals surface area contributed by atoms with Gasteiger partial charge in [0.2, 0.25) is 0 Å². The lowest BCUT2D eigenvalue weighted by molar-refractivity contribution is -0.119. The largest absolute Gasteiger partial charge is 0.452 e. The number of anilines is 1. The van der Waals surface area contributed by atoms with Crippen molar-refractivity contribution >= 4 is 35.0 Å². The van der Waals surface area contributed by atoms with E-state index in [4.69, 9.17) is 4.74 Å². The third kappa shape index (κ3) is 4.49. The number of nitrogens with one attached hydrogen (secondary N) is 1. The van der Waals surface area contributed by atoms with E-state index in [1.165, 1.54) is 0 Å². The summed E-state index contributed by atoms with van der Waals surface area (Å²) in [6.45, 7) is 1.40. The summed E-state index contributed by atoms with van der Waals surface area (Å²) in [7, 11) is 0. The minimum Gasteiger partial charge on any atom is -0.452 e. The van der Waals surface area contributed by atoms with Gasteiger partial charge in [-0.25, -0.2) is 4.79 Å². The molecule has 1 amide bonds. The molecular weight excluding hydrogens is 400 g/mol. The van der Waals surface area contributed by atoms with Gasteiger partial charge >= 0.3 is 5.97 Å². The van der Waals surface area contributed by atoms with E-state index >= 15 is 0 Å². The average Bonchev–Trinajstić information content (AvgIpc) is 3.14. The van der Waals surface area contributed by atoms with Gasteiger partial charge < -0.3 is 10.1 Å². The number of carbonyl (C=O) groups is 2. The monoisotopic (exact) mass is 418 g/mol. The summed E-state index contributed by atoms with van der Waals surface area (Å²) in [4.78, 5) is 26.6. The summed E-state index contributed by atoms with van der Waals surface area (Å²) >= 11 is 1.54. The zero-order valence-corrected chi connectivity index (χ0v) is 16.9. The molecule has 0 aliphatic heterocycles. The van der Waals surface area contributed by atoms with Gasteiger partial charge in [0.05, 0.1) is 11.3 Å². The van der Waals surface area contributed by atoms with Crippen molar-refractivity contribution in [3.8, 4) is 0 Å². The second kappa shape index (κ2) is 8.79. The van der Waals surface area contributed by atoms with Gasteiger partial charge in [-0.3, -0.25) is 9.20 Å². The average molecular weight is 418 g/mol. The van der Waals surface area contributed by atoms with Crippen molar-refractivity contribution in [3.63, 3.8) is 0 Å².